The summed E-state index contributed by atoms with van der Waals surface area (Å²) in [5.41, 5.74) is -0.239. The van der Waals surface area contributed by atoms with E-state index in [0.29, 0.717) is 6.07 Å². The van der Waals surface area contributed by atoms with Crippen molar-refractivity contribution in [2.45, 2.75) is 13.0 Å². The van der Waals surface area contributed by atoms with Crippen molar-refractivity contribution in [3.05, 3.63) is 35.4 Å². The molecule has 2 N–H and O–H groups in total. The highest BCUT2D eigenvalue weighted by Crippen LogP contribution is 2.09. The number of halogens is 2. The molecular weight excluding hydrogens is 204 g/mol. The van der Waals surface area contributed by atoms with Crippen molar-refractivity contribution >= 4 is 5.91 Å². The summed E-state index contributed by atoms with van der Waals surface area (Å²) >= 11 is 0. The van der Waals surface area contributed by atoms with Gasteiger partial charge in [-0.1, -0.05) is 0 Å². The molecule has 0 aliphatic carbocycles. The molecule has 0 aliphatic heterocycles. The van der Waals surface area contributed by atoms with Crippen LogP contribution >= 0.6 is 0 Å². The second-order valence-electron chi connectivity index (χ2n) is 3.18. The Morgan fingerprint density at radius 3 is 2.73 bits per heavy atom. The van der Waals surface area contributed by atoms with E-state index in [0.717, 1.165) is 12.1 Å². The number of carbonyl (C=O) groups is 1. The minimum Gasteiger partial charge on any atom is -0.392 e. The van der Waals surface area contributed by atoms with Crippen LogP contribution in [0.15, 0.2) is 18.2 Å². The zero-order valence-corrected chi connectivity index (χ0v) is 8.13. The minimum atomic E-state index is -0.918. The molecular formula is C10H11F2NO2. The lowest BCUT2D eigenvalue weighted by molar-refractivity contribution is 0.0920. The van der Waals surface area contributed by atoms with Gasteiger partial charge in [-0.05, 0) is 19.1 Å². The van der Waals surface area contributed by atoms with Crippen molar-refractivity contribution < 1.29 is 18.7 Å². The summed E-state index contributed by atoms with van der Waals surface area (Å²) in [5.74, 6) is -2.33. The number of aliphatic hydroxyl groups excluding tert-OH is 1. The Labute approximate surface area is 85.7 Å². The fourth-order valence-corrected chi connectivity index (χ4v) is 1.01. The van der Waals surface area contributed by atoms with Crippen molar-refractivity contribution in [2.75, 3.05) is 6.54 Å². The lowest BCUT2D eigenvalue weighted by atomic mass is 10.2. The molecule has 82 valence electrons. The van der Waals surface area contributed by atoms with Crippen LogP contribution in [0.3, 0.4) is 0 Å². The average molecular weight is 215 g/mol. The summed E-state index contributed by atoms with van der Waals surface area (Å²) in [5, 5.41) is 11.2. The Bertz CT molecular complexity index is 366. The van der Waals surface area contributed by atoms with Gasteiger partial charge in [-0.3, -0.25) is 4.79 Å². The maximum Gasteiger partial charge on any atom is 0.254 e. The van der Waals surface area contributed by atoms with Gasteiger partial charge in [-0.2, -0.15) is 0 Å². The molecule has 1 aromatic carbocycles. The standard InChI is InChI=1S/C10H11F2NO2/c1-6(14)5-13-10(15)8-3-2-7(11)4-9(8)12/h2-4,6,14H,5H2,1H3,(H,13,15). The van der Waals surface area contributed by atoms with E-state index in [-0.39, 0.29) is 12.1 Å². The van der Waals surface area contributed by atoms with Gasteiger partial charge in [0.15, 0.2) is 0 Å². The van der Waals surface area contributed by atoms with Crippen molar-refractivity contribution in [1.82, 2.24) is 5.32 Å². The maximum absolute atomic E-state index is 13.1. The van der Waals surface area contributed by atoms with Gasteiger partial charge >= 0.3 is 0 Å². The van der Waals surface area contributed by atoms with Crippen molar-refractivity contribution in [3.8, 4) is 0 Å². The molecule has 0 aliphatic rings. The van der Waals surface area contributed by atoms with Crippen LogP contribution < -0.4 is 5.32 Å². The van der Waals surface area contributed by atoms with Gasteiger partial charge in [0.1, 0.15) is 11.6 Å². The molecule has 0 saturated carbocycles. The third kappa shape index (κ3) is 3.28. The van der Waals surface area contributed by atoms with Crippen LogP contribution in [0.5, 0.6) is 0 Å². The second-order valence-corrected chi connectivity index (χ2v) is 3.18. The molecule has 1 rings (SSSR count). The quantitative estimate of drug-likeness (QED) is 0.792. The SMILES string of the molecule is CC(O)CNC(=O)c1ccc(F)cc1F. The highest BCUT2D eigenvalue weighted by atomic mass is 19.1. The molecule has 3 nitrogen and oxygen atoms in total. The number of rotatable bonds is 3. The second kappa shape index (κ2) is 4.84. The van der Waals surface area contributed by atoms with Crippen LogP contribution in [-0.4, -0.2) is 23.7 Å². The predicted octanol–water partition coefficient (Wildman–Crippen LogP) is 1.08. The lowest BCUT2D eigenvalue weighted by Gasteiger charge is -2.07. The van der Waals surface area contributed by atoms with Crippen LogP contribution in [0.4, 0.5) is 8.78 Å². The lowest BCUT2D eigenvalue weighted by Crippen LogP contribution is -2.31. The number of benzene rings is 1. The molecule has 0 saturated heterocycles. The van der Waals surface area contributed by atoms with E-state index < -0.39 is 23.6 Å². The molecule has 1 amide bonds. The highest BCUT2D eigenvalue weighted by molar-refractivity contribution is 5.94. The van der Waals surface area contributed by atoms with Gasteiger partial charge in [0.05, 0.1) is 11.7 Å². The number of carbonyl (C=O) groups excluding carboxylic acids is 1. The number of hydrogen-bond donors (Lipinski definition) is 2. The van der Waals surface area contributed by atoms with Crippen LogP contribution in [0, 0.1) is 11.6 Å². The van der Waals surface area contributed by atoms with E-state index in [1.54, 1.807) is 0 Å². The first-order valence-corrected chi connectivity index (χ1v) is 4.42. The number of nitrogens with one attached hydrogen (secondary N) is 1. The van der Waals surface area contributed by atoms with E-state index in [1.807, 2.05) is 0 Å². The molecule has 0 fully saturated rings. The number of hydrogen-bond acceptors (Lipinski definition) is 2. The third-order valence-electron chi connectivity index (χ3n) is 1.73. The van der Waals surface area contributed by atoms with Gasteiger partial charge < -0.3 is 10.4 Å². The van der Waals surface area contributed by atoms with Gasteiger partial charge in [0.2, 0.25) is 0 Å². The summed E-state index contributed by atoms with van der Waals surface area (Å²) in [6.07, 6.45) is -0.711. The topological polar surface area (TPSA) is 49.3 Å². The highest BCUT2D eigenvalue weighted by Gasteiger charge is 2.12. The zero-order chi connectivity index (χ0) is 11.4. The Kier molecular flexibility index (Phi) is 3.74. The van der Waals surface area contributed by atoms with Gasteiger partial charge in [0.25, 0.3) is 5.91 Å². The summed E-state index contributed by atoms with van der Waals surface area (Å²) in [4.78, 5) is 11.3. The fraction of sp³-hybridized carbons (Fsp3) is 0.300. The average Bonchev–Trinajstić information content (AvgIpc) is 2.14. The molecule has 5 heteroatoms. The van der Waals surface area contributed by atoms with Gasteiger partial charge in [-0.15, -0.1) is 0 Å². The smallest absolute Gasteiger partial charge is 0.254 e. The Morgan fingerprint density at radius 2 is 2.20 bits per heavy atom. The normalized spacial score (nSPS) is 12.3. The first-order chi connectivity index (χ1) is 7.00. The summed E-state index contributed by atoms with van der Waals surface area (Å²) in [6.45, 7) is 1.51. The largest absolute Gasteiger partial charge is 0.392 e. The molecule has 0 radical (unpaired) electrons. The van der Waals surface area contributed by atoms with E-state index >= 15 is 0 Å². The van der Waals surface area contributed by atoms with Crippen molar-refractivity contribution in [3.63, 3.8) is 0 Å². The monoisotopic (exact) mass is 215 g/mol. The molecule has 1 unspecified atom stereocenters. The summed E-state index contributed by atoms with van der Waals surface area (Å²) in [6, 6.07) is 2.69. The zero-order valence-electron chi connectivity index (χ0n) is 8.13. The third-order valence-corrected chi connectivity index (χ3v) is 1.73. The first kappa shape index (κ1) is 11.6. The van der Waals surface area contributed by atoms with Crippen LogP contribution in [0.1, 0.15) is 17.3 Å². The van der Waals surface area contributed by atoms with Crippen LogP contribution in [0.25, 0.3) is 0 Å². The molecule has 0 bridgehead atoms. The Balaban J connectivity index is 2.74. The molecule has 15 heavy (non-hydrogen) atoms. The van der Waals surface area contributed by atoms with E-state index in [9.17, 15) is 13.6 Å². The molecule has 0 aromatic heterocycles. The number of aliphatic hydroxyl groups is 1. The van der Waals surface area contributed by atoms with E-state index in [1.165, 1.54) is 6.92 Å². The van der Waals surface area contributed by atoms with Crippen LogP contribution in [0.2, 0.25) is 0 Å². The molecule has 0 spiro atoms. The molecule has 0 heterocycles. The van der Waals surface area contributed by atoms with E-state index in [2.05, 4.69) is 5.32 Å². The molecule has 1 aromatic rings. The summed E-state index contributed by atoms with van der Waals surface area (Å²) < 4.78 is 25.6. The Morgan fingerprint density at radius 1 is 1.53 bits per heavy atom. The van der Waals surface area contributed by atoms with E-state index in [4.69, 9.17) is 5.11 Å². The Hall–Kier alpha value is -1.49. The number of amides is 1. The fourth-order valence-electron chi connectivity index (χ4n) is 1.01. The molecule has 1 atom stereocenters. The summed E-state index contributed by atoms with van der Waals surface area (Å²) in [7, 11) is 0. The van der Waals surface area contributed by atoms with Gasteiger partial charge in [0, 0.05) is 12.6 Å². The van der Waals surface area contributed by atoms with Crippen molar-refractivity contribution in [1.29, 1.82) is 0 Å². The van der Waals surface area contributed by atoms with Gasteiger partial charge in [-0.25, -0.2) is 8.78 Å². The predicted molar refractivity (Wildman–Crippen MR) is 50.4 cm³/mol. The van der Waals surface area contributed by atoms with Crippen LogP contribution in [-0.2, 0) is 0 Å². The first-order valence-electron chi connectivity index (χ1n) is 4.42. The van der Waals surface area contributed by atoms with Crippen molar-refractivity contribution in [2.24, 2.45) is 0 Å². The maximum atomic E-state index is 13.1. The minimum absolute atomic E-state index is 0.0235.